The van der Waals surface area contributed by atoms with Gasteiger partial charge in [-0.15, -0.1) is 0 Å². The molecular formula is C29H25FN4O4. The summed E-state index contributed by atoms with van der Waals surface area (Å²) in [4.78, 5) is 20.6. The number of hydrogen-bond acceptors (Lipinski definition) is 7. The van der Waals surface area contributed by atoms with Crippen molar-refractivity contribution < 1.29 is 23.4 Å². The number of carbonyl (C=O) groups is 1. The van der Waals surface area contributed by atoms with Crippen LogP contribution in [0.4, 0.5) is 10.1 Å². The van der Waals surface area contributed by atoms with Crippen LogP contribution in [-0.4, -0.2) is 66.5 Å². The fourth-order valence-corrected chi connectivity index (χ4v) is 5.13. The van der Waals surface area contributed by atoms with Crippen LogP contribution in [0.5, 0.6) is 5.75 Å². The number of aromatic nitrogens is 1. The summed E-state index contributed by atoms with van der Waals surface area (Å²) in [6.07, 6.45) is 0.800. The van der Waals surface area contributed by atoms with Crippen molar-refractivity contribution in [3.05, 3.63) is 65.9 Å². The number of β-amino-alcohol motifs (C(OH)–C–C–N with tert-alkyl or cyclic N) is 1. The smallest absolute Gasteiger partial charge is 0.254 e. The molecule has 2 aliphatic rings. The van der Waals surface area contributed by atoms with Crippen LogP contribution in [0.25, 0.3) is 33.6 Å². The number of amides is 1. The van der Waals surface area contributed by atoms with E-state index in [-0.39, 0.29) is 5.91 Å². The maximum atomic E-state index is 13.8. The second kappa shape index (κ2) is 9.47. The van der Waals surface area contributed by atoms with Crippen molar-refractivity contribution >= 4 is 22.7 Å². The average Bonchev–Trinajstić information content (AvgIpc) is 3.56. The molecule has 0 spiro atoms. The lowest BCUT2D eigenvalue weighted by atomic mass is 10.0. The molecule has 9 heteroatoms. The van der Waals surface area contributed by atoms with Crippen molar-refractivity contribution in [3.63, 3.8) is 0 Å². The Bertz CT molecular complexity index is 1590. The Labute approximate surface area is 218 Å². The number of likely N-dealkylation sites (tertiary alicyclic amines) is 1. The van der Waals surface area contributed by atoms with Gasteiger partial charge in [-0.05, 0) is 48.4 Å². The predicted molar refractivity (Wildman–Crippen MR) is 140 cm³/mol. The van der Waals surface area contributed by atoms with Crippen molar-refractivity contribution in [1.82, 2.24) is 9.88 Å². The number of aliphatic hydroxyl groups is 1. The number of pyridine rings is 1. The Morgan fingerprint density at radius 3 is 2.71 bits per heavy atom. The normalized spacial score (nSPS) is 17.5. The zero-order valence-electron chi connectivity index (χ0n) is 20.7. The van der Waals surface area contributed by atoms with E-state index >= 15 is 0 Å². The second-order valence-corrected chi connectivity index (χ2v) is 9.64. The SMILES string of the molecule is COc1cc(C(=O)N2CC(O)C2)ccc1-c1cc2nccc(-c3ccc(N4CC[C@@H](F)C4)c(C#N)c3)c2o1. The van der Waals surface area contributed by atoms with E-state index in [0.29, 0.717) is 71.9 Å². The van der Waals surface area contributed by atoms with E-state index in [0.717, 1.165) is 16.8 Å². The van der Waals surface area contributed by atoms with Gasteiger partial charge in [-0.3, -0.25) is 9.78 Å². The monoisotopic (exact) mass is 512 g/mol. The number of nitriles is 1. The van der Waals surface area contributed by atoms with Gasteiger partial charge in [0.05, 0.1) is 30.0 Å². The molecule has 1 amide bonds. The summed E-state index contributed by atoms with van der Waals surface area (Å²) >= 11 is 0. The summed E-state index contributed by atoms with van der Waals surface area (Å²) in [5.74, 6) is 0.838. The molecule has 2 aromatic carbocycles. The quantitative estimate of drug-likeness (QED) is 0.423. The third-order valence-corrected chi connectivity index (χ3v) is 7.17. The zero-order valence-corrected chi connectivity index (χ0v) is 20.7. The Morgan fingerprint density at radius 2 is 2.00 bits per heavy atom. The average molecular weight is 513 g/mol. The van der Waals surface area contributed by atoms with Crippen LogP contribution in [0.15, 0.2) is 59.1 Å². The van der Waals surface area contributed by atoms with Gasteiger partial charge < -0.3 is 24.1 Å². The number of halogens is 1. The molecule has 6 rings (SSSR count). The van der Waals surface area contributed by atoms with Crippen molar-refractivity contribution in [2.75, 3.05) is 38.2 Å². The molecule has 192 valence electrons. The van der Waals surface area contributed by atoms with Crippen LogP contribution in [-0.2, 0) is 0 Å². The number of furan rings is 1. The maximum Gasteiger partial charge on any atom is 0.254 e. The van der Waals surface area contributed by atoms with Gasteiger partial charge in [0.15, 0.2) is 5.58 Å². The van der Waals surface area contributed by atoms with E-state index in [9.17, 15) is 19.6 Å². The highest BCUT2D eigenvalue weighted by atomic mass is 19.1. The number of carbonyl (C=O) groups excluding carboxylic acids is 1. The van der Waals surface area contributed by atoms with E-state index in [1.807, 2.05) is 29.2 Å². The molecule has 0 aliphatic carbocycles. The molecule has 8 nitrogen and oxygen atoms in total. The second-order valence-electron chi connectivity index (χ2n) is 9.64. The predicted octanol–water partition coefficient (Wildman–Crippen LogP) is 4.41. The van der Waals surface area contributed by atoms with Gasteiger partial charge in [0.1, 0.15) is 29.3 Å². The molecule has 1 N–H and O–H groups in total. The molecule has 0 bridgehead atoms. The molecule has 2 aliphatic heterocycles. The fourth-order valence-electron chi connectivity index (χ4n) is 5.13. The van der Waals surface area contributed by atoms with Gasteiger partial charge in [-0.2, -0.15) is 5.26 Å². The van der Waals surface area contributed by atoms with E-state index in [2.05, 4.69) is 11.1 Å². The first kappa shape index (κ1) is 23.9. The van der Waals surface area contributed by atoms with Gasteiger partial charge in [0.2, 0.25) is 0 Å². The van der Waals surface area contributed by atoms with Gasteiger partial charge >= 0.3 is 0 Å². The van der Waals surface area contributed by atoms with E-state index < -0.39 is 12.3 Å². The van der Waals surface area contributed by atoms with Crippen LogP contribution < -0.4 is 9.64 Å². The molecule has 0 unspecified atom stereocenters. The maximum absolute atomic E-state index is 13.8. The Hall–Kier alpha value is -4.42. The Balaban J connectivity index is 1.35. The first-order valence-electron chi connectivity index (χ1n) is 12.4. The zero-order chi connectivity index (χ0) is 26.4. The summed E-state index contributed by atoms with van der Waals surface area (Å²) in [5, 5.41) is 19.3. The summed E-state index contributed by atoms with van der Waals surface area (Å²) < 4.78 is 25.6. The number of alkyl halides is 1. The van der Waals surface area contributed by atoms with Crippen molar-refractivity contribution in [2.45, 2.75) is 18.7 Å². The standard InChI is InChI=1S/C29H25FN4O4/c1-37-26-11-18(29(36)34-15-21(35)16-34)2-4-23(26)27-12-24-28(38-27)22(6-8-32-24)17-3-5-25(19(10-17)13-31)33-9-7-20(30)14-33/h2-6,8,10-12,20-21,35H,7,9,14-16H2,1H3/t20-/m1/s1. The molecule has 38 heavy (non-hydrogen) atoms. The Morgan fingerprint density at radius 1 is 1.16 bits per heavy atom. The van der Waals surface area contributed by atoms with Crippen molar-refractivity contribution in [3.8, 4) is 34.3 Å². The largest absolute Gasteiger partial charge is 0.496 e. The summed E-state index contributed by atoms with van der Waals surface area (Å²) in [5.41, 5.74) is 5.10. The molecule has 2 aromatic heterocycles. The van der Waals surface area contributed by atoms with Crippen molar-refractivity contribution in [1.29, 1.82) is 5.26 Å². The lowest BCUT2D eigenvalue weighted by molar-refractivity contribution is 0.00588. The number of hydrogen-bond donors (Lipinski definition) is 1. The Kier molecular flexibility index (Phi) is 5.97. The number of fused-ring (bicyclic) bond motifs is 1. The molecular weight excluding hydrogens is 487 g/mol. The van der Waals surface area contributed by atoms with E-state index in [4.69, 9.17) is 9.15 Å². The summed E-state index contributed by atoms with van der Waals surface area (Å²) in [6, 6.07) is 16.6. The highest BCUT2D eigenvalue weighted by Crippen LogP contribution is 2.39. The molecule has 1 atom stereocenters. The first-order valence-corrected chi connectivity index (χ1v) is 12.4. The van der Waals surface area contributed by atoms with Gasteiger partial charge in [0, 0.05) is 49.6 Å². The van der Waals surface area contributed by atoms with E-state index in [1.165, 1.54) is 7.11 Å². The summed E-state index contributed by atoms with van der Waals surface area (Å²) in [7, 11) is 1.53. The lowest BCUT2D eigenvalue weighted by Crippen LogP contribution is -2.53. The van der Waals surface area contributed by atoms with Gasteiger partial charge in [0.25, 0.3) is 5.91 Å². The number of nitrogens with zero attached hydrogens (tertiary/aromatic N) is 4. The first-order chi connectivity index (χ1) is 18.4. The number of anilines is 1. The highest BCUT2D eigenvalue weighted by molar-refractivity contribution is 5.97. The van der Waals surface area contributed by atoms with Crippen molar-refractivity contribution in [2.24, 2.45) is 0 Å². The number of ether oxygens (including phenoxy) is 1. The minimum absolute atomic E-state index is 0.165. The number of methoxy groups -OCH3 is 1. The minimum Gasteiger partial charge on any atom is -0.496 e. The number of rotatable bonds is 5. The third kappa shape index (κ3) is 4.13. The van der Waals surface area contributed by atoms with Crippen LogP contribution in [0, 0.1) is 11.3 Å². The molecule has 4 aromatic rings. The minimum atomic E-state index is -0.879. The topological polar surface area (TPSA) is 103 Å². The molecule has 2 saturated heterocycles. The van der Waals surface area contributed by atoms with Crippen LogP contribution in [0.1, 0.15) is 22.3 Å². The molecule has 4 heterocycles. The van der Waals surface area contributed by atoms with E-state index in [1.54, 1.807) is 35.4 Å². The number of benzene rings is 2. The molecule has 2 fully saturated rings. The number of aliphatic hydroxyl groups excluding tert-OH is 1. The van der Waals surface area contributed by atoms with Crippen LogP contribution in [0.2, 0.25) is 0 Å². The van der Waals surface area contributed by atoms with Crippen LogP contribution >= 0.6 is 0 Å². The molecule has 0 saturated carbocycles. The lowest BCUT2D eigenvalue weighted by Gasteiger charge is -2.35. The van der Waals surface area contributed by atoms with Gasteiger partial charge in [-0.25, -0.2) is 4.39 Å². The molecule has 0 radical (unpaired) electrons. The third-order valence-electron chi connectivity index (χ3n) is 7.17. The highest BCUT2D eigenvalue weighted by Gasteiger charge is 2.30. The summed E-state index contributed by atoms with van der Waals surface area (Å²) in [6.45, 7) is 1.53. The van der Waals surface area contributed by atoms with Crippen LogP contribution in [0.3, 0.4) is 0 Å². The van der Waals surface area contributed by atoms with Gasteiger partial charge in [-0.1, -0.05) is 6.07 Å². The fraction of sp³-hybridized carbons (Fsp3) is 0.276.